The van der Waals surface area contributed by atoms with Gasteiger partial charge in [-0.3, -0.25) is 0 Å². The van der Waals surface area contributed by atoms with Gasteiger partial charge in [-0.25, -0.2) is 0 Å². The van der Waals surface area contributed by atoms with Gasteiger partial charge in [0, 0.05) is 29.8 Å². The number of hydrogen-bond acceptors (Lipinski definition) is 2. The maximum atomic E-state index is 6.11. The first kappa shape index (κ1) is 12.7. The molecule has 94 valence electrons. The maximum Gasteiger partial charge on any atom is 0.0426 e. The summed E-state index contributed by atoms with van der Waals surface area (Å²) < 4.78 is 0. The lowest BCUT2D eigenvalue weighted by atomic mass is 10.0. The van der Waals surface area contributed by atoms with E-state index < -0.39 is 0 Å². The zero-order valence-electron chi connectivity index (χ0n) is 10.6. The molecular formula is C14H21ClN2. The van der Waals surface area contributed by atoms with E-state index in [0.29, 0.717) is 0 Å². The maximum absolute atomic E-state index is 6.11. The van der Waals surface area contributed by atoms with Crippen LogP contribution >= 0.6 is 11.6 Å². The number of rotatable bonds is 3. The van der Waals surface area contributed by atoms with E-state index >= 15 is 0 Å². The second-order valence-electron chi connectivity index (χ2n) is 5.29. The molecule has 2 unspecified atom stereocenters. The van der Waals surface area contributed by atoms with Gasteiger partial charge in [0.25, 0.3) is 0 Å². The molecule has 1 aliphatic heterocycles. The fourth-order valence-corrected chi connectivity index (χ4v) is 2.67. The van der Waals surface area contributed by atoms with Crippen molar-refractivity contribution in [3.8, 4) is 0 Å². The van der Waals surface area contributed by atoms with Crippen LogP contribution in [0.4, 0.5) is 5.69 Å². The average Bonchev–Trinajstić information content (AvgIpc) is 2.67. The SMILES string of the molecule is CC(N)Cc1ccc(Cl)cc1N1CCC(C)C1. The molecule has 1 aromatic rings. The molecular weight excluding hydrogens is 232 g/mol. The Morgan fingerprint density at radius 3 is 2.88 bits per heavy atom. The van der Waals surface area contributed by atoms with Crippen LogP contribution in [-0.2, 0) is 6.42 Å². The van der Waals surface area contributed by atoms with Gasteiger partial charge in [0.2, 0.25) is 0 Å². The highest BCUT2D eigenvalue weighted by Gasteiger charge is 2.21. The molecule has 1 saturated heterocycles. The van der Waals surface area contributed by atoms with Crippen molar-refractivity contribution in [2.24, 2.45) is 11.7 Å². The second-order valence-corrected chi connectivity index (χ2v) is 5.73. The lowest BCUT2D eigenvalue weighted by Gasteiger charge is -2.23. The van der Waals surface area contributed by atoms with Gasteiger partial charge in [-0.15, -0.1) is 0 Å². The fourth-order valence-electron chi connectivity index (χ4n) is 2.50. The summed E-state index contributed by atoms with van der Waals surface area (Å²) in [5, 5.41) is 0.813. The quantitative estimate of drug-likeness (QED) is 0.896. The third-order valence-corrected chi connectivity index (χ3v) is 3.59. The second kappa shape index (κ2) is 5.28. The molecule has 0 radical (unpaired) electrons. The van der Waals surface area contributed by atoms with Gasteiger partial charge in [0.15, 0.2) is 0 Å². The summed E-state index contributed by atoms with van der Waals surface area (Å²) in [5.41, 5.74) is 8.50. The Bertz CT molecular complexity index is 390. The number of hydrogen-bond donors (Lipinski definition) is 1. The third-order valence-electron chi connectivity index (χ3n) is 3.35. The molecule has 2 rings (SSSR count). The molecule has 0 spiro atoms. The summed E-state index contributed by atoms with van der Waals surface area (Å²) in [6, 6.07) is 6.35. The summed E-state index contributed by atoms with van der Waals surface area (Å²) in [7, 11) is 0. The van der Waals surface area contributed by atoms with Crippen molar-refractivity contribution < 1.29 is 0 Å². The molecule has 0 saturated carbocycles. The molecule has 1 aromatic carbocycles. The zero-order chi connectivity index (χ0) is 12.4. The van der Waals surface area contributed by atoms with E-state index in [-0.39, 0.29) is 6.04 Å². The van der Waals surface area contributed by atoms with Crippen molar-refractivity contribution in [3.05, 3.63) is 28.8 Å². The molecule has 1 heterocycles. The van der Waals surface area contributed by atoms with E-state index in [1.54, 1.807) is 0 Å². The van der Waals surface area contributed by atoms with Gasteiger partial charge >= 0.3 is 0 Å². The van der Waals surface area contributed by atoms with Crippen LogP contribution in [0.25, 0.3) is 0 Å². The lowest BCUT2D eigenvalue weighted by Crippen LogP contribution is -2.23. The minimum Gasteiger partial charge on any atom is -0.371 e. The van der Waals surface area contributed by atoms with Gasteiger partial charge in [-0.2, -0.15) is 0 Å². The molecule has 0 aliphatic carbocycles. The van der Waals surface area contributed by atoms with Crippen molar-refractivity contribution in [3.63, 3.8) is 0 Å². The monoisotopic (exact) mass is 252 g/mol. The molecule has 0 amide bonds. The third kappa shape index (κ3) is 3.14. The first-order valence-corrected chi connectivity index (χ1v) is 6.73. The Hall–Kier alpha value is -0.730. The van der Waals surface area contributed by atoms with Crippen molar-refractivity contribution in [2.45, 2.75) is 32.7 Å². The number of anilines is 1. The first-order valence-electron chi connectivity index (χ1n) is 6.35. The molecule has 2 atom stereocenters. The molecule has 1 fully saturated rings. The lowest BCUT2D eigenvalue weighted by molar-refractivity contribution is 0.659. The fraction of sp³-hybridized carbons (Fsp3) is 0.571. The van der Waals surface area contributed by atoms with E-state index in [0.717, 1.165) is 30.5 Å². The van der Waals surface area contributed by atoms with Crippen LogP contribution in [0.2, 0.25) is 5.02 Å². The highest BCUT2D eigenvalue weighted by molar-refractivity contribution is 6.30. The van der Waals surface area contributed by atoms with E-state index in [1.165, 1.54) is 17.7 Å². The molecule has 3 heteroatoms. The molecule has 2 N–H and O–H groups in total. The largest absolute Gasteiger partial charge is 0.371 e. The van der Waals surface area contributed by atoms with Crippen LogP contribution in [-0.4, -0.2) is 19.1 Å². The molecule has 0 aromatic heterocycles. The standard InChI is InChI=1S/C14H21ClN2/c1-10-5-6-17(9-10)14-8-13(15)4-3-12(14)7-11(2)16/h3-4,8,10-11H,5-7,9,16H2,1-2H3. The summed E-state index contributed by atoms with van der Waals surface area (Å²) in [6.07, 6.45) is 2.18. The van der Waals surface area contributed by atoms with E-state index in [2.05, 4.69) is 24.0 Å². The normalized spacial score (nSPS) is 21.9. The Balaban J connectivity index is 2.26. The molecule has 17 heavy (non-hydrogen) atoms. The summed E-state index contributed by atoms with van der Waals surface area (Å²) >= 11 is 6.11. The Kier molecular flexibility index (Phi) is 3.95. The van der Waals surface area contributed by atoms with Crippen LogP contribution < -0.4 is 10.6 Å². The van der Waals surface area contributed by atoms with Crippen molar-refractivity contribution in [1.82, 2.24) is 0 Å². The number of halogens is 1. The Morgan fingerprint density at radius 2 is 2.29 bits per heavy atom. The Labute approximate surface area is 109 Å². The summed E-state index contributed by atoms with van der Waals surface area (Å²) in [4.78, 5) is 2.44. The number of benzene rings is 1. The van der Waals surface area contributed by atoms with Crippen LogP contribution in [0.15, 0.2) is 18.2 Å². The van der Waals surface area contributed by atoms with Gasteiger partial charge in [-0.1, -0.05) is 24.6 Å². The highest BCUT2D eigenvalue weighted by Crippen LogP contribution is 2.30. The summed E-state index contributed by atoms with van der Waals surface area (Å²) in [6.45, 7) is 6.61. The topological polar surface area (TPSA) is 29.3 Å². The van der Waals surface area contributed by atoms with E-state index in [9.17, 15) is 0 Å². The number of nitrogens with two attached hydrogens (primary N) is 1. The predicted octanol–water partition coefficient (Wildman–Crippen LogP) is 3.08. The van der Waals surface area contributed by atoms with Gasteiger partial charge in [0.1, 0.15) is 0 Å². The van der Waals surface area contributed by atoms with Crippen LogP contribution in [0.3, 0.4) is 0 Å². The summed E-state index contributed by atoms with van der Waals surface area (Å²) in [5.74, 6) is 0.775. The van der Waals surface area contributed by atoms with Crippen molar-refractivity contribution >= 4 is 17.3 Å². The average molecular weight is 253 g/mol. The van der Waals surface area contributed by atoms with Crippen molar-refractivity contribution in [1.29, 1.82) is 0 Å². The van der Waals surface area contributed by atoms with Gasteiger partial charge in [0.05, 0.1) is 0 Å². The molecule has 1 aliphatic rings. The molecule has 2 nitrogen and oxygen atoms in total. The Morgan fingerprint density at radius 1 is 1.53 bits per heavy atom. The zero-order valence-corrected chi connectivity index (χ0v) is 11.4. The van der Waals surface area contributed by atoms with Gasteiger partial charge in [-0.05, 0) is 43.4 Å². The minimum absolute atomic E-state index is 0.190. The van der Waals surface area contributed by atoms with Crippen molar-refractivity contribution in [2.75, 3.05) is 18.0 Å². The smallest absolute Gasteiger partial charge is 0.0426 e. The number of nitrogens with zero attached hydrogens (tertiary/aromatic N) is 1. The van der Waals surface area contributed by atoms with Gasteiger partial charge < -0.3 is 10.6 Å². The van der Waals surface area contributed by atoms with E-state index in [4.69, 9.17) is 17.3 Å². The minimum atomic E-state index is 0.190. The first-order chi connectivity index (χ1) is 8.06. The highest BCUT2D eigenvalue weighted by atomic mass is 35.5. The molecule has 0 bridgehead atoms. The van der Waals surface area contributed by atoms with E-state index in [1.807, 2.05) is 13.0 Å². The van der Waals surface area contributed by atoms with Crippen LogP contribution in [0.5, 0.6) is 0 Å². The van der Waals surface area contributed by atoms with Crippen LogP contribution in [0, 0.1) is 5.92 Å². The van der Waals surface area contributed by atoms with Crippen LogP contribution in [0.1, 0.15) is 25.8 Å². The predicted molar refractivity (Wildman–Crippen MR) is 74.8 cm³/mol.